The highest BCUT2D eigenvalue weighted by Gasteiger charge is 2.16. The predicted molar refractivity (Wildman–Crippen MR) is 118 cm³/mol. The smallest absolute Gasteiger partial charge is 0.107 e. The molecule has 6 nitrogen and oxygen atoms in total. The van der Waals surface area contributed by atoms with Crippen molar-refractivity contribution in [2.75, 3.05) is 6.54 Å². The highest BCUT2D eigenvalue weighted by Crippen LogP contribution is 2.25. The highest BCUT2D eigenvalue weighted by atomic mass is 15.6. The van der Waals surface area contributed by atoms with E-state index in [0.717, 1.165) is 30.9 Å². The van der Waals surface area contributed by atoms with Crippen molar-refractivity contribution in [3.05, 3.63) is 96.6 Å². The molecule has 0 spiro atoms. The Hall–Kier alpha value is -3.32. The molecule has 4 aromatic rings. The molecule has 0 aliphatic carbocycles. The molecule has 30 heavy (non-hydrogen) atoms. The quantitative estimate of drug-likeness (QED) is 0.465. The summed E-state index contributed by atoms with van der Waals surface area (Å²) in [4.78, 5) is 9.12. The van der Waals surface area contributed by atoms with Gasteiger partial charge in [0.1, 0.15) is 5.69 Å². The first-order valence-electron chi connectivity index (χ1n) is 10.2. The van der Waals surface area contributed by atoms with Crippen molar-refractivity contribution in [1.82, 2.24) is 30.9 Å². The molecular formula is C24H24N6. The summed E-state index contributed by atoms with van der Waals surface area (Å²) in [5.41, 5.74) is 16.1. The van der Waals surface area contributed by atoms with E-state index in [1.165, 1.54) is 22.3 Å². The monoisotopic (exact) mass is 396 g/mol. The van der Waals surface area contributed by atoms with Crippen molar-refractivity contribution in [1.29, 1.82) is 0 Å². The van der Waals surface area contributed by atoms with Crippen LogP contribution in [0.25, 0.3) is 22.5 Å². The van der Waals surface area contributed by atoms with Crippen molar-refractivity contribution >= 4 is 0 Å². The van der Waals surface area contributed by atoms with Crippen LogP contribution in [0.2, 0.25) is 0 Å². The van der Waals surface area contributed by atoms with Crippen LogP contribution >= 0.6 is 0 Å². The van der Waals surface area contributed by atoms with Crippen molar-refractivity contribution < 1.29 is 0 Å². The van der Waals surface area contributed by atoms with Gasteiger partial charge in [-0.25, -0.2) is 15.8 Å². The fraction of sp³-hybridized carbons (Fsp3) is 0.167. The molecule has 2 aromatic carbocycles. The minimum atomic E-state index is 0.225. The molecular weight excluding hydrogens is 372 g/mol. The van der Waals surface area contributed by atoms with Crippen molar-refractivity contribution in [3.8, 4) is 22.5 Å². The van der Waals surface area contributed by atoms with Crippen LogP contribution in [0.1, 0.15) is 17.2 Å². The first kappa shape index (κ1) is 18.7. The lowest BCUT2D eigenvalue weighted by molar-refractivity contribution is 0.555. The third kappa shape index (κ3) is 4.02. The number of aromatic nitrogens is 3. The topological polar surface area (TPSA) is 66.8 Å². The summed E-state index contributed by atoms with van der Waals surface area (Å²) in [5.74, 6) is 0. The molecule has 1 aliphatic rings. The van der Waals surface area contributed by atoms with Crippen LogP contribution in [-0.4, -0.2) is 21.1 Å². The Morgan fingerprint density at radius 3 is 2.67 bits per heavy atom. The number of hydrazine groups is 2. The summed E-state index contributed by atoms with van der Waals surface area (Å²) >= 11 is 0. The normalized spacial score (nSPS) is 16.1. The Balaban J connectivity index is 1.32. The maximum atomic E-state index is 4.60. The highest BCUT2D eigenvalue weighted by molar-refractivity contribution is 5.67. The lowest BCUT2D eigenvalue weighted by Gasteiger charge is -2.10. The van der Waals surface area contributed by atoms with E-state index in [1.807, 2.05) is 18.6 Å². The van der Waals surface area contributed by atoms with Crippen molar-refractivity contribution in [2.45, 2.75) is 19.0 Å². The minimum absolute atomic E-state index is 0.225. The molecule has 0 radical (unpaired) electrons. The van der Waals surface area contributed by atoms with Gasteiger partial charge < -0.3 is 4.57 Å². The zero-order valence-corrected chi connectivity index (χ0v) is 16.6. The third-order valence-corrected chi connectivity index (χ3v) is 5.46. The van der Waals surface area contributed by atoms with Gasteiger partial charge in [0.05, 0.1) is 18.1 Å². The second kappa shape index (κ2) is 8.59. The van der Waals surface area contributed by atoms with E-state index in [4.69, 9.17) is 0 Å². The first-order chi connectivity index (χ1) is 14.9. The van der Waals surface area contributed by atoms with E-state index in [2.05, 4.69) is 97.8 Å². The number of nitrogens with one attached hydrogen (secondary N) is 3. The number of pyridine rings is 1. The Labute approximate surface area is 176 Å². The van der Waals surface area contributed by atoms with Gasteiger partial charge in [0.2, 0.25) is 0 Å². The van der Waals surface area contributed by atoms with E-state index in [0.29, 0.717) is 0 Å². The molecule has 3 N–H and O–H groups in total. The molecule has 3 heterocycles. The molecule has 1 unspecified atom stereocenters. The predicted octanol–water partition coefficient (Wildman–Crippen LogP) is 3.51. The number of rotatable bonds is 6. The van der Waals surface area contributed by atoms with Gasteiger partial charge in [0, 0.05) is 25.5 Å². The van der Waals surface area contributed by atoms with Crippen molar-refractivity contribution in [2.24, 2.45) is 0 Å². The number of imidazole rings is 1. The second-order valence-corrected chi connectivity index (χ2v) is 7.45. The van der Waals surface area contributed by atoms with E-state index in [-0.39, 0.29) is 6.04 Å². The molecule has 150 valence electrons. The Kier molecular flexibility index (Phi) is 5.35. The molecule has 0 amide bonds. The molecule has 2 aromatic heterocycles. The molecule has 1 atom stereocenters. The largest absolute Gasteiger partial charge is 0.336 e. The fourth-order valence-electron chi connectivity index (χ4n) is 3.85. The molecule has 1 aliphatic heterocycles. The van der Waals surface area contributed by atoms with E-state index < -0.39 is 0 Å². The molecule has 0 saturated carbocycles. The zero-order chi connectivity index (χ0) is 20.2. The maximum absolute atomic E-state index is 4.60. The van der Waals surface area contributed by atoms with Gasteiger partial charge in [-0.2, -0.15) is 5.53 Å². The zero-order valence-electron chi connectivity index (χ0n) is 16.6. The van der Waals surface area contributed by atoms with Crippen LogP contribution in [0.4, 0.5) is 0 Å². The molecule has 1 fully saturated rings. The summed E-state index contributed by atoms with van der Waals surface area (Å²) in [6, 6.07) is 23.5. The van der Waals surface area contributed by atoms with Crippen molar-refractivity contribution in [3.63, 3.8) is 0 Å². The number of hydrogen-bond donors (Lipinski definition) is 3. The molecule has 0 bridgehead atoms. The Morgan fingerprint density at radius 1 is 0.933 bits per heavy atom. The van der Waals surface area contributed by atoms with E-state index in [1.54, 1.807) is 0 Å². The standard InChI is InChI=1S/C24H24N6/c1-2-6-18(7-3-1)21-9-5-4-8-19(21)11-13-30-16-24(26-17-30)22-14-20(10-12-25-22)23-15-27-29-28-23/h1-10,12,14,16-17,23,27-29H,11,13,15H2. The van der Waals surface area contributed by atoms with Gasteiger partial charge in [-0.3, -0.25) is 4.98 Å². The van der Waals surface area contributed by atoms with Gasteiger partial charge in [-0.15, -0.1) is 0 Å². The second-order valence-electron chi connectivity index (χ2n) is 7.45. The maximum Gasteiger partial charge on any atom is 0.107 e. The molecule has 6 heteroatoms. The number of nitrogens with zero attached hydrogens (tertiary/aromatic N) is 3. The Bertz CT molecular complexity index is 1120. The average molecular weight is 396 g/mol. The molecule has 5 rings (SSSR count). The first-order valence-corrected chi connectivity index (χ1v) is 10.2. The minimum Gasteiger partial charge on any atom is -0.336 e. The lowest BCUT2D eigenvalue weighted by atomic mass is 9.98. The van der Waals surface area contributed by atoms with Gasteiger partial charge in [0.25, 0.3) is 0 Å². The SMILES string of the molecule is c1ccc(-c2ccccc2CCn2cnc(-c3cc(C4CNNN4)ccn3)c2)cc1. The lowest BCUT2D eigenvalue weighted by Crippen LogP contribution is -2.30. The fourth-order valence-corrected chi connectivity index (χ4v) is 3.85. The van der Waals surface area contributed by atoms with Gasteiger partial charge >= 0.3 is 0 Å². The number of benzene rings is 2. The summed E-state index contributed by atoms with van der Waals surface area (Å²) in [6.45, 7) is 1.70. The van der Waals surface area contributed by atoms with E-state index in [9.17, 15) is 0 Å². The Morgan fingerprint density at radius 2 is 1.80 bits per heavy atom. The molecule has 1 saturated heterocycles. The summed E-state index contributed by atoms with van der Waals surface area (Å²) in [5, 5.41) is 0. The van der Waals surface area contributed by atoms with Crippen LogP contribution in [0, 0.1) is 0 Å². The van der Waals surface area contributed by atoms with E-state index >= 15 is 0 Å². The van der Waals surface area contributed by atoms with Gasteiger partial charge in [-0.05, 0) is 40.8 Å². The van der Waals surface area contributed by atoms with Crippen LogP contribution in [0.5, 0.6) is 0 Å². The third-order valence-electron chi connectivity index (χ3n) is 5.46. The summed E-state index contributed by atoms with van der Waals surface area (Å²) in [7, 11) is 0. The summed E-state index contributed by atoms with van der Waals surface area (Å²) in [6.07, 6.45) is 6.76. The van der Waals surface area contributed by atoms with Crippen LogP contribution in [0.15, 0.2) is 85.5 Å². The van der Waals surface area contributed by atoms with Crippen LogP contribution < -0.4 is 16.4 Å². The van der Waals surface area contributed by atoms with Crippen LogP contribution in [-0.2, 0) is 13.0 Å². The number of aryl methyl sites for hydroxylation is 2. The summed E-state index contributed by atoms with van der Waals surface area (Å²) < 4.78 is 2.14. The van der Waals surface area contributed by atoms with Gasteiger partial charge in [-0.1, -0.05) is 54.6 Å². The van der Waals surface area contributed by atoms with Gasteiger partial charge in [0.15, 0.2) is 0 Å². The average Bonchev–Trinajstić information content (AvgIpc) is 3.51. The van der Waals surface area contributed by atoms with Crippen LogP contribution in [0.3, 0.4) is 0 Å². The number of hydrogen-bond acceptors (Lipinski definition) is 5.